The Morgan fingerprint density at radius 3 is 2.76 bits per heavy atom. The molecule has 3 N–H and O–H groups in total. The minimum atomic E-state index is -0.276. The van der Waals surface area contributed by atoms with E-state index in [4.69, 9.17) is 10.7 Å². The summed E-state index contributed by atoms with van der Waals surface area (Å²) in [6.45, 7) is 8.50. The van der Waals surface area contributed by atoms with Gasteiger partial charge in [0.25, 0.3) is 5.91 Å². The highest BCUT2D eigenvalue weighted by Gasteiger charge is 2.31. The molecule has 5 rings (SSSR count). The van der Waals surface area contributed by atoms with Crippen molar-refractivity contribution in [3.05, 3.63) is 84.6 Å². The molecule has 9 nitrogen and oxygen atoms in total. The first-order valence-corrected chi connectivity index (χ1v) is 12.8. The molecule has 1 aromatic carbocycles. The molecule has 4 aromatic rings. The number of imidazole rings is 1. The summed E-state index contributed by atoms with van der Waals surface area (Å²) >= 11 is 0. The number of amides is 2. The fourth-order valence-corrected chi connectivity index (χ4v) is 4.92. The van der Waals surface area contributed by atoms with E-state index >= 15 is 0 Å². The summed E-state index contributed by atoms with van der Waals surface area (Å²) in [4.78, 5) is 41.2. The van der Waals surface area contributed by atoms with Crippen molar-refractivity contribution in [2.24, 2.45) is 0 Å². The van der Waals surface area contributed by atoms with Crippen LogP contribution in [0.3, 0.4) is 0 Å². The maximum Gasteiger partial charge on any atom is 0.256 e. The zero-order chi connectivity index (χ0) is 26.8. The predicted molar refractivity (Wildman–Crippen MR) is 148 cm³/mol. The zero-order valence-corrected chi connectivity index (χ0v) is 21.6. The van der Waals surface area contributed by atoms with Gasteiger partial charge in [0.1, 0.15) is 28.7 Å². The number of aromatic nitrogens is 4. The number of hydrogen-bond donors (Lipinski definition) is 2. The molecule has 9 heteroatoms. The van der Waals surface area contributed by atoms with Crippen molar-refractivity contribution in [1.29, 1.82) is 0 Å². The number of carbonyl (C=O) groups excluding carboxylic acids is 2. The molecular formula is C29H31N7O2. The number of piperidine rings is 1. The van der Waals surface area contributed by atoms with Crippen LogP contribution < -0.4 is 11.1 Å². The van der Waals surface area contributed by atoms with Crippen molar-refractivity contribution in [3.8, 4) is 11.3 Å². The highest BCUT2D eigenvalue weighted by atomic mass is 16.2. The van der Waals surface area contributed by atoms with Crippen LogP contribution in [-0.2, 0) is 4.79 Å². The number of nitrogens with one attached hydrogen (secondary N) is 1. The van der Waals surface area contributed by atoms with E-state index < -0.39 is 0 Å². The standard InChI is InChI=1S/C29H31N7O2/c1-4-24(37)35-14-6-5-10-22(35)28-34-25(26-27(30)31-13-15-36(26)28)19-8-7-9-20(16-19)29(38)33-23-12-11-21(17-32-23)18(2)3/h4,7-9,11-13,15-18,22H,1,5-6,10,14H2,2-3H3,(H2,30,31)(H,32,33,38)/t22-/m0/s1. The second-order valence-corrected chi connectivity index (χ2v) is 9.76. The number of nitrogens with zero attached hydrogens (tertiary/aromatic N) is 5. The van der Waals surface area contributed by atoms with E-state index in [-0.39, 0.29) is 17.9 Å². The SMILES string of the molecule is C=CC(=O)N1CCCC[C@H]1c1nc(-c2cccc(C(=O)Nc3ccc(C(C)C)cn3)c2)c2c(N)nccn12. The lowest BCUT2D eigenvalue weighted by Gasteiger charge is -2.34. The Kier molecular flexibility index (Phi) is 6.91. The minimum Gasteiger partial charge on any atom is -0.382 e. The Labute approximate surface area is 221 Å². The van der Waals surface area contributed by atoms with Crippen molar-refractivity contribution in [3.63, 3.8) is 0 Å². The lowest BCUT2D eigenvalue weighted by Crippen LogP contribution is -2.38. The Hall–Kier alpha value is -4.53. The number of hydrogen-bond acceptors (Lipinski definition) is 6. The number of benzene rings is 1. The van der Waals surface area contributed by atoms with Gasteiger partial charge in [-0.1, -0.05) is 38.6 Å². The molecule has 1 aliphatic rings. The predicted octanol–water partition coefficient (Wildman–Crippen LogP) is 4.99. The molecule has 2 amide bonds. The highest BCUT2D eigenvalue weighted by Crippen LogP contribution is 2.36. The molecule has 0 aliphatic carbocycles. The van der Waals surface area contributed by atoms with Crippen molar-refractivity contribution in [2.75, 3.05) is 17.6 Å². The molecule has 0 radical (unpaired) electrons. The van der Waals surface area contributed by atoms with Crippen LogP contribution in [0.15, 0.2) is 67.6 Å². The largest absolute Gasteiger partial charge is 0.382 e. The number of fused-ring (bicyclic) bond motifs is 1. The number of anilines is 2. The smallest absolute Gasteiger partial charge is 0.256 e. The molecule has 1 aliphatic heterocycles. The second kappa shape index (κ2) is 10.5. The number of rotatable bonds is 6. The van der Waals surface area contributed by atoms with Crippen LogP contribution in [0.1, 0.15) is 66.8 Å². The average molecular weight is 510 g/mol. The summed E-state index contributed by atoms with van der Waals surface area (Å²) in [6, 6.07) is 10.8. The summed E-state index contributed by atoms with van der Waals surface area (Å²) < 4.78 is 1.91. The van der Waals surface area contributed by atoms with Crippen LogP contribution in [0, 0.1) is 0 Å². The van der Waals surface area contributed by atoms with Gasteiger partial charge in [-0.25, -0.2) is 15.0 Å². The van der Waals surface area contributed by atoms with Gasteiger partial charge in [0.15, 0.2) is 0 Å². The molecule has 0 saturated carbocycles. The molecule has 0 bridgehead atoms. The second-order valence-electron chi connectivity index (χ2n) is 9.76. The lowest BCUT2D eigenvalue weighted by atomic mass is 10.0. The first kappa shape index (κ1) is 25.1. The van der Waals surface area contributed by atoms with Gasteiger partial charge in [0.2, 0.25) is 5.91 Å². The monoisotopic (exact) mass is 509 g/mol. The fraction of sp³-hybridized carbons (Fsp3) is 0.276. The summed E-state index contributed by atoms with van der Waals surface area (Å²) in [5, 5.41) is 2.87. The van der Waals surface area contributed by atoms with Crippen LogP contribution in [0.4, 0.5) is 11.6 Å². The third kappa shape index (κ3) is 4.74. The molecule has 1 fully saturated rings. The number of nitrogen functional groups attached to an aromatic ring is 1. The van der Waals surface area contributed by atoms with E-state index in [1.54, 1.807) is 30.6 Å². The van der Waals surface area contributed by atoms with E-state index in [0.717, 1.165) is 30.4 Å². The molecule has 4 heterocycles. The first-order valence-electron chi connectivity index (χ1n) is 12.8. The molecule has 1 atom stereocenters. The molecule has 0 spiro atoms. The number of likely N-dealkylation sites (tertiary alicyclic amines) is 1. The van der Waals surface area contributed by atoms with Gasteiger partial charge in [-0.05, 0) is 55.0 Å². The molecule has 3 aromatic heterocycles. The van der Waals surface area contributed by atoms with Gasteiger partial charge < -0.3 is 16.0 Å². The topological polar surface area (TPSA) is 119 Å². The van der Waals surface area contributed by atoms with E-state index in [1.165, 1.54) is 6.08 Å². The third-order valence-corrected chi connectivity index (χ3v) is 6.96. The van der Waals surface area contributed by atoms with Gasteiger partial charge in [0.05, 0.1) is 6.04 Å². The molecular weight excluding hydrogens is 478 g/mol. The van der Waals surface area contributed by atoms with E-state index in [2.05, 4.69) is 35.7 Å². The lowest BCUT2D eigenvalue weighted by molar-refractivity contribution is -0.129. The van der Waals surface area contributed by atoms with E-state index in [9.17, 15) is 9.59 Å². The Morgan fingerprint density at radius 1 is 1.18 bits per heavy atom. The van der Waals surface area contributed by atoms with Crippen LogP contribution in [0.2, 0.25) is 0 Å². The van der Waals surface area contributed by atoms with Gasteiger partial charge in [-0.3, -0.25) is 14.0 Å². The molecule has 194 valence electrons. The quantitative estimate of drug-likeness (QED) is 0.354. The van der Waals surface area contributed by atoms with E-state index in [1.807, 2.05) is 33.7 Å². The highest BCUT2D eigenvalue weighted by molar-refractivity contribution is 6.04. The normalized spacial score (nSPS) is 15.6. The molecule has 1 saturated heterocycles. The zero-order valence-electron chi connectivity index (χ0n) is 21.6. The third-order valence-electron chi connectivity index (χ3n) is 6.96. The average Bonchev–Trinajstić information content (AvgIpc) is 3.34. The van der Waals surface area contributed by atoms with Gasteiger partial charge in [0, 0.05) is 36.3 Å². The Bertz CT molecular complexity index is 1510. The molecule has 0 unspecified atom stereocenters. The fourth-order valence-electron chi connectivity index (χ4n) is 4.92. The maximum atomic E-state index is 13.1. The van der Waals surface area contributed by atoms with Crippen molar-refractivity contribution < 1.29 is 9.59 Å². The summed E-state index contributed by atoms with van der Waals surface area (Å²) in [5.74, 6) is 1.48. The maximum absolute atomic E-state index is 13.1. The van der Waals surface area contributed by atoms with Crippen molar-refractivity contribution in [1.82, 2.24) is 24.3 Å². The summed E-state index contributed by atoms with van der Waals surface area (Å²) in [6.07, 6.45) is 9.26. The summed E-state index contributed by atoms with van der Waals surface area (Å²) in [5.41, 5.74) is 9.87. The van der Waals surface area contributed by atoms with Crippen LogP contribution >= 0.6 is 0 Å². The van der Waals surface area contributed by atoms with Crippen LogP contribution in [0.25, 0.3) is 16.8 Å². The minimum absolute atomic E-state index is 0.122. The Balaban J connectivity index is 1.52. The Morgan fingerprint density at radius 2 is 2.03 bits per heavy atom. The van der Waals surface area contributed by atoms with Crippen molar-refractivity contribution in [2.45, 2.75) is 45.1 Å². The van der Waals surface area contributed by atoms with Crippen LogP contribution in [0.5, 0.6) is 0 Å². The number of carbonyl (C=O) groups is 2. The number of nitrogens with two attached hydrogens (primary N) is 1. The molecule has 38 heavy (non-hydrogen) atoms. The number of pyridine rings is 1. The first-order chi connectivity index (χ1) is 18.4. The van der Waals surface area contributed by atoms with Crippen LogP contribution in [-0.4, -0.2) is 42.6 Å². The summed E-state index contributed by atoms with van der Waals surface area (Å²) in [7, 11) is 0. The van der Waals surface area contributed by atoms with Gasteiger partial charge in [-0.2, -0.15) is 0 Å². The van der Waals surface area contributed by atoms with Gasteiger partial charge >= 0.3 is 0 Å². The van der Waals surface area contributed by atoms with Gasteiger partial charge in [-0.15, -0.1) is 0 Å². The van der Waals surface area contributed by atoms with E-state index in [0.29, 0.717) is 46.7 Å². The van der Waals surface area contributed by atoms with Crippen molar-refractivity contribution >= 4 is 29.0 Å².